The fourth-order valence-corrected chi connectivity index (χ4v) is 0.943. The van der Waals surface area contributed by atoms with Crippen LogP contribution >= 0.6 is 0 Å². The van der Waals surface area contributed by atoms with Crippen molar-refractivity contribution in [3.8, 4) is 0 Å². The Morgan fingerprint density at radius 1 is 1.42 bits per heavy atom. The zero-order chi connectivity index (χ0) is 9.56. The Bertz CT molecular complexity index is 171. The normalized spacial score (nSPS) is 11.8. The fourth-order valence-electron chi connectivity index (χ4n) is 0.943. The van der Waals surface area contributed by atoms with E-state index in [0.29, 0.717) is 5.92 Å². The first-order valence-electron chi connectivity index (χ1n) is 4.76. The molecule has 0 bridgehead atoms. The first-order valence-corrected chi connectivity index (χ1v) is 4.76. The summed E-state index contributed by atoms with van der Waals surface area (Å²) in [5.74, 6) is 0.563. The number of hydrogen-bond donors (Lipinski definition) is 1. The van der Waals surface area contributed by atoms with Gasteiger partial charge >= 0.3 is 76.6 Å². The fraction of sp³-hybridized carbons (Fsp3) is 0.700. The molecule has 0 aliphatic rings. The van der Waals surface area contributed by atoms with Gasteiger partial charge < -0.3 is 0 Å². The van der Waals surface area contributed by atoms with E-state index < -0.39 is 0 Å². The summed E-state index contributed by atoms with van der Waals surface area (Å²) in [6.07, 6.45) is 4.30. The van der Waals surface area contributed by atoms with E-state index in [1.54, 1.807) is 0 Å². The van der Waals surface area contributed by atoms with Gasteiger partial charge in [0, 0.05) is 0 Å². The SMILES string of the molecule is B=C(CC)N/C(=C\CC)C(C)C. The zero-order valence-electron chi connectivity index (χ0n) is 8.78. The quantitative estimate of drug-likeness (QED) is 0.614. The van der Waals surface area contributed by atoms with E-state index in [9.17, 15) is 0 Å². The third-order valence-electron chi connectivity index (χ3n) is 1.79. The third kappa shape index (κ3) is 4.37. The number of allylic oxidation sites excluding steroid dienone is 2. The molecule has 0 aromatic heterocycles. The van der Waals surface area contributed by atoms with Crippen LogP contribution in [-0.4, -0.2) is 13.1 Å². The van der Waals surface area contributed by atoms with Crippen molar-refractivity contribution in [3.05, 3.63) is 11.8 Å². The van der Waals surface area contributed by atoms with Crippen molar-refractivity contribution in [1.82, 2.24) is 5.32 Å². The molecule has 0 saturated carbocycles. The van der Waals surface area contributed by atoms with E-state index in [4.69, 9.17) is 0 Å². The molecule has 0 aliphatic carbocycles. The van der Waals surface area contributed by atoms with Crippen LogP contribution in [0.25, 0.3) is 0 Å². The Labute approximate surface area is 77.3 Å². The minimum absolute atomic E-state index is 0.563. The van der Waals surface area contributed by atoms with Gasteiger partial charge in [0.25, 0.3) is 0 Å². The van der Waals surface area contributed by atoms with Crippen molar-refractivity contribution < 1.29 is 0 Å². The Morgan fingerprint density at radius 3 is 2.33 bits per heavy atom. The first-order chi connectivity index (χ1) is 5.61. The van der Waals surface area contributed by atoms with E-state index in [1.165, 1.54) is 5.70 Å². The maximum atomic E-state index is 3.93. The second kappa shape index (κ2) is 6.04. The number of nitrogens with one attached hydrogen (secondary N) is 1. The Balaban J connectivity index is 4.14. The van der Waals surface area contributed by atoms with Gasteiger partial charge in [-0.1, -0.05) is 0 Å². The van der Waals surface area contributed by atoms with Crippen molar-refractivity contribution in [2.45, 2.75) is 40.5 Å². The molecule has 0 aliphatic heterocycles. The number of rotatable bonds is 5. The zero-order valence-corrected chi connectivity index (χ0v) is 8.78. The molecule has 0 unspecified atom stereocenters. The predicted octanol–water partition coefficient (Wildman–Crippen LogP) is 1.97. The average molecular weight is 165 g/mol. The van der Waals surface area contributed by atoms with Crippen molar-refractivity contribution >= 4 is 13.1 Å². The molecule has 1 N–H and O–H groups in total. The van der Waals surface area contributed by atoms with Gasteiger partial charge in [-0.15, -0.1) is 0 Å². The van der Waals surface area contributed by atoms with Crippen LogP contribution in [0.2, 0.25) is 0 Å². The van der Waals surface area contributed by atoms with E-state index in [2.05, 4.69) is 46.6 Å². The van der Waals surface area contributed by atoms with Crippen LogP contribution in [0.5, 0.6) is 0 Å². The van der Waals surface area contributed by atoms with Crippen molar-refractivity contribution in [2.24, 2.45) is 5.92 Å². The summed E-state index contributed by atoms with van der Waals surface area (Å²) >= 11 is 0. The average Bonchev–Trinajstić information content (AvgIpc) is 2.03. The van der Waals surface area contributed by atoms with Crippen molar-refractivity contribution in [3.63, 3.8) is 0 Å². The van der Waals surface area contributed by atoms with Gasteiger partial charge in [-0.2, -0.15) is 0 Å². The Hall–Kier alpha value is -0.525. The molecule has 68 valence electrons. The third-order valence-corrected chi connectivity index (χ3v) is 1.79. The first kappa shape index (κ1) is 11.5. The van der Waals surface area contributed by atoms with E-state index >= 15 is 0 Å². The number of hydrogen-bond acceptors (Lipinski definition) is 1. The van der Waals surface area contributed by atoms with Crippen LogP contribution in [0.3, 0.4) is 0 Å². The molecule has 0 rings (SSSR count). The van der Waals surface area contributed by atoms with E-state index in [1.807, 2.05) is 0 Å². The van der Waals surface area contributed by atoms with Gasteiger partial charge in [0.15, 0.2) is 0 Å². The summed E-state index contributed by atoms with van der Waals surface area (Å²) in [4.78, 5) is 0. The van der Waals surface area contributed by atoms with Crippen molar-refractivity contribution in [1.29, 1.82) is 0 Å². The molecule has 2 heteroatoms. The Kier molecular flexibility index (Phi) is 5.78. The van der Waals surface area contributed by atoms with Crippen LogP contribution in [0.15, 0.2) is 11.8 Å². The van der Waals surface area contributed by atoms with Crippen LogP contribution in [0.1, 0.15) is 40.5 Å². The van der Waals surface area contributed by atoms with E-state index in [0.717, 1.165) is 18.4 Å². The van der Waals surface area contributed by atoms with Gasteiger partial charge in [-0.05, 0) is 0 Å². The van der Waals surface area contributed by atoms with Crippen molar-refractivity contribution in [2.75, 3.05) is 0 Å². The molecule has 0 atom stereocenters. The van der Waals surface area contributed by atoms with Gasteiger partial charge in [-0.25, -0.2) is 0 Å². The van der Waals surface area contributed by atoms with Crippen LogP contribution in [0, 0.1) is 5.92 Å². The topological polar surface area (TPSA) is 12.0 Å². The summed E-state index contributed by atoms with van der Waals surface area (Å²) in [5, 5.41) is 3.33. The van der Waals surface area contributed by atoms with E-state index in [-0.39, 0.29) is 0 Å². The molecule has 0 radical (unpaired) electrons. The molecule has 0 fully saturated rings. The summed E-state index contributed by atoms with van der Waals surface area (Å²) in [7, 11) is 3.93. The summed E-state index contributed by atoms with van der Waals surface area (Å²) < 4.78 is 0. The molecule has 0 aromatic rings. The van der Waals surface area contributed by atoms with Crippen LogP contribution in [-0.2, 0) is 0 Å². The molecule has 0 heterocycles. The molecule has 0 spiro atoms. The van der Waals surface area contributed by atoms with Crippen LogP contribution < -0.4 is 5.32 Å². The summed E-state index contributed by atoms with van der Waals surface area (Å²) in [6.45, 7) is 8.65. The predicted molar refractivity (Wildman–Crippen MR) is 58.8 cm³/mol. The minimum atomic E-state index is 0.563. The molecular weight excluding hydrogens is 145 g/mol. The second-order valence-electron chi connectivity index (χ2n) is 3.30. The van der Waals surface area contributed by atoms with Crippen LogP contribution in [0.4, 0.5) is 0 Å². The Morgan fingerprint density at radius 2 is 2.00 bits per heavy atom. The summed E-state index contributed by atoms with van der Waals surface area (Å²) in [6, 6.07) is 0. The maximum absolute atomic E-state index is 3.93. The van der Waals surface area contributed by atoms with Gasteiger partial charge in [0.2, 0.25) is 0 Å². The molecule has 0 amide bonds. The second-order valence-corrected chi connectivity index (χ2v) is 3.30. The monoisotopic (exact) mass is 165 g/mol. The molecule has 12 heavy (non-hydrogen) atoms. The molecule has 0 aromatic carbocycles. The molecule has 0 saturated heterocycles. The van der Waals surface area contributed by atoms with Gasteiger partial charge in [0.1, 0.15) is 0 Å². The standard InChI is InChI=1S/C10H20BN/c1-5-7-9(8(3)4)12-10(11)6-2/h7-8,11-12H,5-6H2,1-4H3/b9-7-. The van der Waals surface area contributed by atoms with Gasteiger partial charge in [0.05, 0.1) is 0 Å². The summed E-state index contributed by atoms with van der Waals surface area (Å²) in [5.41, 5.74) is 2.40. The molecular formula is C10H20BN. The molecule has 1 nitrogen and oxygen atoms in total. The van der Waals surface area contributed by atoms with Gasteiger partial charge in [-0.3, -0.25) is 0 Å².